The van der Waals surface area contributed by atoms with Gasteiger partial charge in [0.1, 0.15) is 27.3 Å². The van der Waals surface area contributed by atoms with Crippen molar-refractivity contribution in [2.24, 2.45) is 0 Å². The van der Waals surface area contributed by atoms with Crippen molar-refractivity contribution >= 4 is 16.6 Å². The molecule has 4 aromatic rings. The van der Waals surface area contributed by atoms with Crippen molar-refractivity contribution in [3.63, 3.8) is 0 Å². The first-order valence-corrected chi connectivity index (χ1v) is 14.9. The van der Waals surface area contributed by atoms with Gasteiger partial charge in [-0.05, 0) is 79.1 Å². The molecule has 202 valence electrons. The van der Waals surface area contributed by atoms with Crippen LogP contribution in [0.25, 0.3) is 5.65 Å². The van der Waals surface area contributed by atoms with Crippen LogP contribution in [0.2, 0.25) is 0 Å². The van der Waals surface area contributed by atoms with Gasteiger partial charge in [-0.3, -0.25) is 4.40 Å². The lowest BCUT2D eigenvalue weighted by Crippen LogP contribution is -2.49. The summed E-state index contributed by atoms with van der Waals surface area (Å²) in [5.74, 6) is 2.13. The molecule has 0 bridgehead atoms. The van der Waals surface area contributed by atoms with Crippen molar-refractivity contribution in [2.75, 3.05) is 19.8 Å². The van der Waals surface area contributed by atoms with Crippen LogP contribution in [0.4, 0.5) is 0 Å². The molecule has 1 unspecified atom stereocenters. The largest absolute Gasteiger partial charge is 0.469 e. The van der Waals surface area contributed by atoms with E-state index >= 15 is 0 Å². The third kappa shape index (κ3) is 4.66. The fourth-order valence-corrected chi connectivity index (χ4v) is 7.15. The van der Waals surface area contributed by atoms with Gasteiger partial charge in [-0.1, -0.05) is 18.2 Å². The maximum Gasteiger partial charge on any atom is 0.231 e. The van der Waals surface area contributed by atoms with Crippen molar-refractivity contribution in [2.45, 2.75) is 68.9 Å². The minimum absolute atomic E-state index is 0.455. The molecule has 2 aliphatic heterocycles. The molecule has 2 fully saturated rings. The van der Waals surface area contributed by atoms with Crippen molar-refractivity contribution in [3.05, 3.63) is 82.4 Å². The summed E-state index contributed by atoms with van der Waals surface area (Å²) in [6.45, 7) is 6.67. The lowest BCUT2D eigenvalue weighted by atomic mass is 9.93. The highest BCUT2D eigenvalue weighted by Crippen LogP contribution is 2.39. The van der Waals surface area contributed by atoms with Gasteiger partial charge in [-0.2, -0.15) is 0 Å². The van der Waals surface area contributed by atoms with E-state index in [0.717, 1.165) is 30.7 Å². The maximum absolute atomic E-state index is 13.8. The predicted octanol–water partition coefficient (Wildman–Crippen LogP) is 4.68. The quantitative estimate of drug-likeness (QED) is 0.364. The van der Waals surface area contributed by atoms with Crippen LogP contribution < -0.4 is 4.74 Å². The van der Waals surface area contributed by atoms with E-state index in [9.17, 15) is 4.21 Å². The van der Waals surface area contributed by atoms with Gasteiger partial charge < -0.3 is 9.47 Å². The van der Waals surface area contributed by atoms with E-state index in [2.05, 4.69) is 68.2 Å². The molecule has 0 N–H and O–H groups in total. The molecular formula is C30H33N5O3S. The molecule has 7 rings (SSSR count). The first-order chi connectivity index (χ1) is 19.0. The number of nitrogens with zero attached hydrogens (tertiary/aromatic N) is 5. The van der Waals surface area contributed by atoms with Crippen molar-refractivity contribution in [3.8, 4) is 5.88 Å². The maximum atomic E-state index is 13.8. The second-order valence-electron chi connectivity index (χ2n) is 11.2. The summed E-state index contributed by atoms with van der Waals surface area (Å²) in [7, 11) is -1.38. The third-order valence-electron chi connectivity index (χ3n) is 8.40. The number of ether oxygens (including phenoxy) is 2. The molecule has 1 aromatic carbocycles. The van der Waals surface area contributed by atoms with E-state index in [0.29, 0.717) is 43.0 Å². The Morgan fingerprint density at radius 3 is 2.74 bits per heavy atom. The van der Waals surface area contributed by atoms with Gasteiger partial charge in [0.2, 0.25) is 5.88 Å². The molecule has 3 aromatic heterocycles. The van der Waals surface area contributed by atoms with Gasteiger partial charge in [-0.25, -0.2) is 13.5 Å². The van der Waals surface area contributed by atoms with E-state index < -0.39 is 16.6 Å². The zero-order chi connectivity index (χ0) is 26.6. The topological polar surface area (TPSA) is 81.8 Å². The number of aromatic nitrogens is 4. The molecule has 1 spiro atoms. The number of fused-ring (bicyclic) bond motifs is 2. The van der Waals surface area contributed by atoms with Crippen LogP contribution in [0.1, 0.15) is 65.2 Å². The van der Waals surface area contributed by atoms with Gasteiger partial charge in [-0.15, -0.1) is 10.2 Å². The Morgan fingerprint density at radius 1 is 1.08 bits per heavy atom. The summed E-state index contributed by atoms with van der Waals surface area (Å²) in [4.78, 5) is 5.09. The average Bonchev–Trinajstić information content (AvgIpc) is 3.71. The third-order valence-corrected chi connectivity index (χ3v) is 9.82. The molecule has 9 heteroatoms. The predicted molar refractivity (Wildman–Crippen MR) is 148 cm³/mol. The summed E-state index contributed by atoms with van der Waals surface area (Å²) in [6, 6.07) is 12.5. The number of pyridine rings is 2. The van der Waals surface area contributed by atoms with Crippen LogP contribution in [-0.4, -0.2) is 53.5 Å². The molecule has 39 heavy (non-hydrogen) atoms. The molecule has 5 heterocycles. The molecule has 1 atom stereocenters. The van der Waals surface area contributed by atoms with E-state index in [1.54, 1.807) is 6.20 Å². The van der Waals surface area contributed by atoms with Crippen LogP contribution in [0.3, 0.4) is 0 Å². The van der Waals surface area contributed by atoms with Crippen molar-refractivity contribution < 1.29 is 13.7 Å². The van der Waals surface area contributed by atoms with Crippen LogP contribution in [0, 0.1) is 13.8 Å². The van der Waals surface area contributed by atoms with E-state index in [4.69, 9.17) is 9.47 Å². The molecule has 0 amide bonds. The monoisotopic (exact) mass is 543 g/mol. The Kier molecular flexibility index (Phi) is 6.25. The highest BCUT2D eigenvalue weighted by atomic mass is 32.2. The van der Waals surface area contributed by atoms with Crippen LogP contribution in [-0.2, 0) is 28.7 Å². The fraction of sp³-hybridized carbons (Fsp3) is 0.433. The Hall–Kier alpha value is -3.14. The molecule has 1 saturated heterocycles. The normalized spacial score (nSPS) is 21.0. The average molecular weight is 544 g/mol. The number of hydrogen-bond acceptors (Lipinski definition) is 6. The number of rotatable bonds is 5. The molecular weight excluding hydrogens is 510 g/mol. The summed E-state index contributed by atoms with van der Waals surface area (Å²) in [5.41, 5.74) is 6.51. The summed E-state index contributed by atoms with van der Waals surface area (Å²) >= 11 is 0. The summed E-state index contributed by atoms with van der Waals surface area (Å²) in [6.07, 6.45) is 8.56. The Morgan fingerprint density at radius 2 is 1.92 bits per heavy atom. The SMILES string of the molecule is Cc1ccc(Cc2ccn3c(C4CC4)nnc3c2C)cc1CN1CC2(CCOCC2)Oc2ncccc2S1=O. The molecule has 0 radical (unpaired) electrons. The van der Waals surface area contributed by atoms with E-state index in [-0.39, 0.29) is 0 Å². The Labute approximate surface area is 231 Å². The first kappa shape index (κ1) is 24.9. The first-order valence-electron chi connectivity index (χ1n) is 13.8. The van der Waals surface area contributed by atoms with Crippen LogP contribution >= 0.6 is 0 Å². The highest BCUT2D eigenvalue weighted by Gasteiger charge is 2.42. The van der Waals surface area contributed by atoms with Crippen molar-refractivity contribution in [1.29, 1.82) is 0 Å². The highest BCUT2D eigenvalue weighted by molar-refractivity contribution is 7.82. The lowest BCUT2D eigenvalue weighted by molar-refractivity contribution is -0.0551. The minimum Gasteiger partial charge on any atom is -0.469 e. The second-order valence-corrected chi connectivity index (χ2v) is 12.6. The van der Waals surface area contributed by atoms with Crippen molar-refractivity contribution in [1.82, 2.24) is 23.9 Å². The molecule has 8 nitrogen and oxygen atoms in total. The summed E-state index contributed by atoms with van der Waals surface area (Å²) in [5, 5.41) is 8.99. The standard InChI is InChI=1S/C30H33N5O3S/c1-20-5-6-22(16-24-9-13-35-27(21(24)2)32-33-28(35)23-7-8-23)17-25(20)18-34-19-30(10-14-37-15-11-30)38-29-26(39(34)36)4-3-12-31-29/h3-6,9,12-13,17,23H,7-8,10-11,14-16,18-19H2,1-2H3. The smallest absolute Gasteiger partial charge is 0.231 e. The van der Waals surface area contributed by atoms with Gasteiger partial charge in [0.05, 0.1) is 19.8 Å². The Balaban J connectivity index is 1.18. The molecule has 1 aliphatic carbocycles. The minimum atomic E-state index is -1.38. The van der Waals surface area contributed by atoms with Crippen LogP contribution in [0.5, 0.6) is 5.88 Å². The van der Waals surface area contributed by atoms with Gasteiger partial charge in [0.25, 0.3) is 0 Å². The summed E-state index contributed by atoms with van der Waals surface area (Å²) < 4.78 is 30.2. The Bertz CT molecular complexity index is 1570. The van der Waals surface area contributed by atoms with Gasteiger partial charge in [0.15, 0.2) is 5.65 Å². The second kappa shape index (κ2) is 9.80. The van der Waals surface area contributed by atoms with E-state index in [1.165, 1.54) is 40.7 Å². The fourth-order valence-electron chi connectivity index (χ4n) is 5.83. The number of benzene rings is 1. The van der Waals surface area contributed by atoms with Crippen LogP contribution in [0.15, 0.2) is 53.7 Å². The van der Waals surface area contributed by atoms with Gasteiger partial charge in [0, 0.05) is 37.7 Å². The zero-order valence-corrected chi connectivity index (χ0v) is 23.2. The molecule has 3 aliphatic rings. The number of hydrogen-bond donors (Lipinski definition) is 0. The number of aryl methyl sites for hydroxylation is 2. The zero-order valence-electron chi connectivity index (χ0n) is 22.4. The van der Waals surface area contributed by atoms with Gasteiger partial charge >= 0.3 is 0 Å². The molecule has 1 saturated carbocycles. The lowest BCUT2D eigenvalue weighted by Gasteiger charge is -2.38. The van der Waals surface area contributed by atoms with E-state index in [1.807, 2.05) is 12.1 Å².